The van der Waals surface area contributed by atoms with Crippen molar-refractivity contribution in [3.63, 3.8) is 0 Å². The maximum atomic E-state index is 12.9. The van der Waals surface area contributed by atoms with Crippen LogP contribution < -0.4 is 5.32 Å². The smallest absolute Gasteiger partial charge is 0.150 e. The lowest BCUT2D eigenvalue weighted by molar-refractivity contribution is 0.559. The van der Waals surface area contributed by atoms with Crippen LogP contribution in [0.1, 0.15) is 36.1 Å². The maximum absolute atomic E-state index is 12.9. The first kappa shape index (κ1) is 17.9. The molecule has 1 saturated heterocycles. The predicted octanol–water partition coefficient (Wildman–Crippen LogP) is 3.04. The van der Waals surface area contributed by atoms with Crippen molar-refractivity contribution in [3.8, 4) is 0 Å². The van der Waals surface area contributed by atoms with Crippen molar-refractivity contribution >= 4 is 24.8 Å². The van der Waals surface area contributed by atoms with Crippen molar-refractivity contribution in [2.75, 3.05) is 6.54 Å². The number of halogens is 3. The van der Waals surface area contributed by atoms with Crippen LogP contribution in [0.15, 0.2) is 24.3 Å². The van der Waals surface area contributed by atoms with Crippen molar-refractivity contribution in [1.29, 1.82) is 0 Å². The highest BCUT2D eigenvalue weighted by atomic mass is 35.5. The van der Waals surface area contributed by atoms with Crippen molar-refractivity contribution in [1.82, 2.24) is 20.1 Å². The Morgan fingerprint density at radius 1 is 1.24 bits per heavy atom. The molecule has 1 aromatic heterocycles. The summed E-state index contributed by atoms with van der Waals surface area (Å²) in [6, 6.07) is 6.88. The molecule has 7 heteroatoms. The highest BCUT2D eigenvalue weighted by molar-refractivity contribution is 5.85. The molecule has 1 aromatic carbocycles. The summed E-state index contributed by atoms with van der Waals surface area (Å²) >= 11 is 0. The number of benzene rings is 1. The number of nitrogens with one attached hydrogen (secondary N) is 1. The van der Waals surface area contributed by atoms with E-state index in [0.717, 1.165) is 30.2 Å². The molecule has 1 atom stereocenters. The van der Waals surface area contributed by atoms with Gasteiger partial charge in [-0.15, -0.1) is 35.0 Å². The summed E-state index contributed by atoms with van der Waals surface area (Å²) in [5.41, 5.74) is 1.06. The third kappa shape index (κ3) is 3.93. The first-order valence-corrected chi connectivity index (χ1v) is 6.61. The summed E-state index contributed by atoms with van der Waals surface area (Å²) in [5.74, 6) is 1.68. The molecular weight excluding hydrogens is 314 g/mol. The van der Waals surface area contributed by atoms with Crippen LogP contribution in [0.3, 0.4) is 0 Å². The Bertz CT molecular complexity index is 565. The largest absolute Gasteiger partial charge is 0.309 e. The van der Waals surface area contributed by atoms with Crippen LogP contribution in [-0.2, 0) is 6.54 Å². The van der Waals surface area contributed by atoms with Crippen molar-refractivity contribution in [2.24, 2.45) is 0 Å². The minimum Gasteiger partial charge on any atom is -0.309 e. The summed E-state index contributed by atoms with van der Waals surface area (Å²) in [4.78, 5) is 0. The zero-order chi connectivity index (χ0) is 13.2. The van der Waals surface area contributed by atoms with Gasteiger partial charge >= 0.3 is 0 Å². The Hall–Kier alpha value is -1.17. The SMILES string of the molecule is Cc1nnc(C2CCCN2)n1Cc1ccc(F)cc1.Cl.Cl. The lowest BCUT2D eigenvalue weighted by Crippen LogP contribution is -2.19. The molecule has 1 aliphatic rings. The molecule has 0 amide bonds. The third-order valence-corrected chi connectivity index (χ3v) is 3.59. The molecule has 0 radical (unpaired) electrons. The molecule has 0 bridgehead atoms. The molecule has 2 heterocycles. The van der Waals surface area contributed by atoms with Crippen LogP contribution in [0.5, 0.6) is 0 Å². The third-order valence-electron chi connectivity index (χ3n) is 3.59. The zero-order valence-corrected chi connectivity index (χ0v) is 13.4. The van der Waals surface area contributed by atoms with Crippen LogP contribution >= 0.6 is 24.8 Å². The Labute approximate surface area is 136 Å². The van der Waals surface area contributed by atoms with Gasteiger partial charge in [-0.2, -0.15) is 0 Å². The lowest BCUT2D eigenvalue weighted by atomic mass is 10.2. The number of aromatic nitrogens is 3. The van der Waals surface area contributed by atoms with Gasteiger partial charge in [0, 0.05) is 0 Å². The normalized spacial score (nSPS) is 17.1. The average molecular weight is 333 g/mol. The molecule has 1 aliphatic heterocycles. The molecule has 2 aromatic rings. The quantitative estimate of drug-likeness (QED) is 0.939. The van der Waals surface area contributed by atoms with Gasteiger partial charge < -0.3 is 9.88 Å². The van der Waals surface area contributed by atoms with E-state index in [1.54, 1.807) is 12.1 Å². The Morgan fingerprint density at radius 3 is 2.57 bits per heavy atom. The fourth-order valence-electron chi connectivity index (χ4n) is 2.53. The van der Waals surface area contributed by atoms with Crippen LogP contribution in [0.2, 0.25) is 0 Å². The molecule has 0 spiro atoms. The monoisotopic (exact) mass is 332 g/mol. The van der Waals surface area contributed by atoms with Crippen LogP contribution in [0.4, 0.5) is 4.39 Å². The second-order valence-electron chi connectivity index (χ2n) is 4.97. The second-order valence-corrected chi connectivity index (χ2v) is 4.97. The minimum absolute atomic E-state index is 0. The first-order chi connectivity index (χ1) is 9.24. The van der Waals surface area contributed by atoms with Gasteiger partial charge in [0.05, 0.1) is 12.6 Å². The molecule has 0 saturated carbocycles. The molecule has 4 nitrogen and oxygen atoms in total. The average Bonchev–Trinajstić information content (AvgIpc) is 3.03. The van der Waals surface area contributed by atoms with Crippen LogP contribution in [-0.4, -0.2) is 21.3 Å². The van der Waals surface area contributed by atoms with Gasteiger partial charge in [0.2, 0.25) is 0 Å². The summed E-state index contributed by atoms with van der Waals surface area (Å²) in [6.45, 7) is 3.68. The fourth-order valence-corrected chi connectivity index (χ4v) is 2.53. The summed E-state index contributed by atoms with van der Waals surface area (Å²) in [6.07, 6.45) is 2.27. The Morgan fingerprint density at radius 2 is 1.95 bits per heavy atom. The zero-order valence-electron chi connectivity index (χ0n) is 11.8. The van der Waals surface area contributed by atoms with Gasteiger partial charge in [-0.3, -0.25) is 0 Å². The number of hydrogen-bond donors (Lipinski definition) is 1. The summed E-state index contributed by atoms with van der Waals surface area (Å²) < 4.78 is 15.0. The minimum atomic E-state index is -0.207. The second kappa shape index (κ2) is 7.73. The Balaban J connectivity index is 0.00000110. The van der Waals surface area contributed by atoms with E-state index in [2.05, 4.69) is 20.1 Å². The van der Waals surface area contributed by atoms with Crippen molar-refractivity contribution < 1.29 is 4.39 Å². The highest BCUT2D eigenvalue weighted by Gasteiger charge is 2.22. The van der Waals surface area contributed by atoms with E-state index in [0.29, 0.717) is 12.6 Å². The molecule has 116 valence electrons. The highest BCUT2D eigenvalue weighted by Crippen LogP contribution is 2.22. The molecule has 1 fully saturated rings. The van der Waals surface area contributed by atoms with E-state index in [1.165, 1.54) is 18.6 Å². The van der Waals surface area contributed by atoms with E-state index < -0.39 is 0 Å². The van der Waals surface area contributed by atoms with Crippen LogP contribution in [0, 0.1) is 12.7 Å². The summed E-state index contributed by atoms with van der Waals surface area (Å²) in [7, 11) is 0. The van der Waals surface area contributed by atoms with Gasteiger partial charge in [-0.25, -0.2) is 4.39 Å². The Kier molecular flexibility index (Phi) is 6.58. The van der Waals surface area contributed by atoms with Gasteiger partial charge in [0.1, 0.15) is 11.6 Å². The first-order valence-electron chi connectivity index (χ1n) is 6.61. The number of hydrogen-bond acceptors (Lipinski definition) is 3. The molecule has 3 rings (SSSR count). The number of aryl methyl sites for hydroxylation is 1. The number of rotatable bonds is 3. The van der Waals surface area contributed by atoms with E-state index in [1.807, 2.05) is 6.92 Å². The van der Waals surface area contributed by atoms with Crippen LogP contribution in [0.25, 0.3) is 0 Å². The van der Waals surface area contributed by atoms with E-state index >= 15 is 0 Å². The molecule has 1 unspecified atom stereocenters. The van der Waals surface area contributed by atoms with Gasteiger partial charge in [0.15, 0.2) is 5.82 Å². The maximum Gasteiger partial charge on any atom is 0.150 e. The van der Waals surface area contributed by atoms with Crippen molar-refractivity contribution in [3.05, 3.63) is 47.3 Å². The fraction of sp³-hybridized carbons (Fsp3) is 0.429. The van der Waals surface area contributed by atoms with E-state index in [4.69, 9.17) is 0 Å². The van der Waals surface area contributed by atoms with Gasteiger partial charge in [-0.1, -0.05) is 12.1 Å². The number of nitrogens with zero attached hydrogens (tertiary/aromatic N) is 3. The topological polar surface area (TPSA) is 42.7 Å². The molecular formula is C14H19Cl2FN4. The van der Waals surface area contributed by atoms with Gasteiger partial charge in [0.25, 0.3) is 0 Å². The van der Waals surface area contributed by atoms with Gasteiger partial charge in [-0.05, 0) is 44.0 Å². The van der Waals surface area contributed by atoms with E-state index in [9.17, 15) is 4.39 Å². The lowest BCUT2D eigenvalue weighted by Gasteiger charge is -2.13. The molecule has 21 heavy (non-hydrogen) atoms. The van der Waals surface area contributed by atoms with Crippen molar-refractivity contribution in [2.45, 2.75) is 32.4 Å². The molecule has 0 aliphatic carbocycles. The molecule has 1 N–H and O–H groups in total. The predicted molar refractivity (Wildman–Crippen MR) is 84.7 cm³/mol. The van der Waals surface area contributed by atoms with E-state index in [-0.39, 0.29) is 30.6 Å². The standard InChI is InChI=1S/C14H17FN4.2ClH/c1-10-17-18-14(13-3-2-8-16-13)19(10)9-11-4-6-12(15)7-5-11;;/h4-7,13,16H,2-3,8-9H2,1H3;2*1H. The summed E-state index contributed by atoms with van der Waals surface area (Å²) in [5, 5.41) is 11.9.